The highest BCUT2D eigenvalue weighted by molar-refractivity contribution is 7.91. The molecular formula is C13H15NO3S2. The van der Waals surface area contributed by atoms with Gasteiger partial charge in [0.2, 0.25) is 0 Å². The lowest BCUT2D eigenvalue weighted by atomic mass is 10.1. The summed E-state index contributed by atoms with van der Waals surface area (Å²) in [6.45, 7) is -0.0769. The topological polar surface area (TPSA) is 66.4 Å². The largest absolute Gasteiger partial charge is 0.396 e. The summed E-state index contributed by atoms with van der Waals surface area (Å²) in [7, 11) is -3.53. The third kappa shape index (κ3) is 3.63. The molecule has 1 heterocycles. The second-order valence-electron chi connectivity index (χ2n) is 4.03. The van der Waals surface area contributed by atoms with Gasteiger partial charge in [0.15, 0.2) is 0 Å². The van der Waals surface area contributed by atoms with E-state index in [1.54, 1.807) is 17.5 Å². The number of aliphatic hydroxyl groups is 1. The predicted molar refractivity (Wildman–Crippen MR) is 75.5 cm³/mol. The molecule has 0 unspecified atom stereocenters. The Labute approximate surface area is 116 Å². The maximum atomic E-state index is 12.2. The molecule has 1 aromatic carbocycles. The molecule has 0 radical (unpaired) electrons. The van der Waals surface area contributed by atoms with Gasteiger partial charge in [0.1, 0.15) is 4.21 Å². The van der Waals surface area contributed by atoms with Crippen LogP contribution in [0.1, 0.15) is 18.0 Å². The molecule has 4 nitrogen and oxygen atoms in total. The summed E-state index contributed by atoms with van der Waals surface area (Å²) in [5.41, 5.74) is 0.844. The van der Waals surface area contributed by atoms with Gasteiger partial charge < -0.3 is 5.11 Å². The molecule has 19 heavy (non-hydrogen) atoms. The highest BCUT2D eigenvalue weighted by Crippen LogP contribution is 2.22. The molecule has 2 rings (SSSR count). The van der Waals surface area contributed by atoms with Gasteiger partial charge in [-0.25, -0.2) is 13.1 Å². The zero-order valence-electron chi connectivity index (χ0n) is 10.2. The molecule has 0 saturated heterocycles. The van der Waals surface area contributed by atoms with Crippen molar-refractivity contribution in [3.8, 4) is 0 Å². The quantitative estimate of drug-likeness (QED) is 0.858. The van der Waals surface area contributed by atoms with Crippen molar-refractivity contribution >= 4 is 21.4 Å². The molecule has 0 bridgehead atoms. The molecular weight excluding hydrogens is 282 g/mol. The Bertz CT molecular complexity index is 594. The normalized spacial score (nSPS) is 13.3. The number of hydrogen-bond acceptors (Lipinski definition) is 4. The Morgan fingerprint density at radius 2 is 1.89 bits per heavy atom. The van der Waals surface area contributed by atoms with Crippen LogP contribution in [0.3, 0.4) is 0 Å². The first-order valence-corrected chi connectivity index (χ1v) is 8.21. The van der Waals surface area contributed by atoms with E-state index >= 15 is 0 Å². The Morgan fingerprint density at radius 1 is 1.16 bits per heavy atom. The first-order valence-electron chi connectivity index (χ1n) is 5.85. The number of sulfonamides is 1. The zero-order chi connectivity index (χ0) is 13.7. The lowest BCUT2D eigenvalue weighted by molar-refractivity contribution is 0.272. The fourth-order valence-corrected chi connectivity index (χ4v) is 4.04. The van der Waals surface area contributed by atoms with E-state index in [1.807, 2.05) is 30.3 Å². The van der Waals surface area contributed by atoms with E-state index in [9.17, 15) is 8.42 Å². The third-order valence-electron chi connectivity index (χ3n) is 2.68. The summed E-state index contributed by atoms with van der Waals surface area (Å²) in [6, 6.07) is 12.1. The van der Waals surface area contributed by atoms with Crippen molar-refractivity contribution in [2.45, 2.75) is 16.7 Å². The Kier molecular flexibility index (Phi) is 4.71. The average Bonchev–Trinajstić information content (AvgIpc) is 2.94. The standard InChI is InChI=1S/C13H15NO3S2/c15-9-8-12(11-5-2-1-3-6-11)14-19(16,17)13-7-4-10-18-13/h1-7,10,12,14-15H,8-9H2/t12-/m1/s1. The maximum Gasteiger partial charge on any atom is 0.250 e. The number of hydrogen-bond donors (Lipinski definition) is 2. The number of nitrogens with one attached hydrogen (secondary N) is 1. The van der Waals surface area contributed by atoms with Crippen molar-refractivity contribution in [3.05, 3.63) is 53.4 Å². The van der Waals surface area contributed by atoms with Crippen LogP contribution < -0.4 is 4.72 Å². The van der Waals surface area contributed by atoms with E-state index in [-0.39, 0.29) is 10.8 Å². The van der Waals surface area contributed by atoms with Gasteiger partial charge in [0.05, 0.1) is 0 Å². The summed E-state index contributed by atoms with van der Waals surface area (Å²) in [5.74, 6) is 0. The van der Waals surface area contributed by atoms with Crippen LogP contribution in [0, 0.1) is 0 Å². The van der Waals surface area contributed by atoms with Crippen LogP contribution >= 0.6 is 11.3 Å². The second-order valence-corrected chi connectivity index (χ2v) is 6.92. The first-order chi connectivity index (χ1) is 9.13. The number of benzene rings is 1. The van der Waals surface area contributed by atoms with E-state index in [0.717, 1.165) is 5.56 Å². The molecule has 1 atom stereocenters. The van der Waals surface area contributed by atoms with Gasteiger partial charge in [-0.15, -0.1) is 11.3 Å². The SMILES string of the molecule is O=S(=O)(N[C@H](CCO)c1ccccc1)c1cccs1. The van der Waals surface area contributed by atoms with Gasteiger partial charge in [-0.05, 0) is 23.4 Å². The van der Waals surface area contributed by atoms with Crippen LogP contribution in [-0.2, 0) is 10.0 Å². The summed E-state index contributed by atoms with van der Waals surface area (Å²) in [6.07, 6.45) is 0.342. The van der Waals surface area contributed by atoms with Gasteiger partial charge in [0, 0.05) is 12.6 Å². The molecule has 0 aliphatic rings. The number of aliphatic hydroxyl groups excluding tert-OH is 1. The van der Waals surface area contributed by atoms with Crippen molar-refractivity contribution in [2.24, 2.45) is 0 Å². The first kappa shape index (κ1) is 14.2. The highest BCUT2D eigenvalue weighted by Gasteiger charge is 2.21. The van der Waals surface area contributed by atoms with Gasteiger partial charge in [-0.3, -0.25) is 0 Å². The van der Waals surface area contributed by atoms with Crippen LogP contribution in [0.2, 0.25) is 0 Å². The van der Waals surface area contributed by atoms with E-state index in [4.69, 9.17) is 5.11 Å². The third-order valence-corrected chi connectivity index (χ3v) is 5.55. The van der Waals surface area contributed by atoms with Gasteiger partial charge >= 0.3 is 0 Å². The van der Waals surface area contributed by atoms with E-state index in [0.29, 0.717) is 6.42 Å². The van der Waals surface area contributed by atoms with Crippen LogP contribution in [0.5, 0.6) is 0 Å². The van der Waals surface area contributed by atoms with E-state index < -0.39 is 16.1 Å². The minimum absolute atomic E-state index is 0.0769. The monoisotopic (exact) mass is 297 g/mol. The van der Waals surface area contributed by atoms with E-state index in [1.165, 1.54) is 11.3 Å². The molecule has 0 aliphatic heterocycles. The predicted octanol–water partition coefficient (Wildman–Crippen LogP) is 2.15. The molecule has 6 heteroatoms. The molecule has 2 aromatic rings. The molecule has 1 aromatic heterocycles. The molecule has 102 valence electrons. The lowest BCUT2D eigenvalue weighted by Crippen LogP contribution is -2.28. The fourth-order valence-electron chi connectivity index (χ4n) is 1.77. The molecule has 2 N–H and O–H groups in total. The Balaban J connectivity index is 2.23. The fraction of sp³-hybridized carbons (Fsp3) is 0.231. The molecule has 0 spiro atoms. The van der Waals surface area contributed by atoms with Crippen LogP contribution in [0.15, 0.2) is 52.1 Å². The van der Waals surface area contributed by atoms with E-state index in [2.05, 4.69) is 4.72 Å². The van der Waals surface area contributed by atoms with Crippen molar-refractivity contribution in [2.75, 3.05) is 6.61 Å². The number of thiophene rings is 1. The zero-order valence-corrected chi connectivity index (χ0v) is 11.8. The number of rotatable bonds is 6. The van der Waals surface area contributed by atoms with Gasteiger partial charge in [0.25, 0.3) is 10.0 Å². The highest BCUT2D eigenvalue weighted by atomic mass is 32.2. The van der Waals surface area contributed by atoms with Crippen molar-refractivity contribution in [3.63, 3.8) is 0 Å². The minimum atomic E-state index is -3.53. The molecule has 0 fully saturated rings. The van der Waals surface area contributed by atoms with Crippen LogP contribution in [-0.4, -0.2) is 20.1 Å². The van der Waals surface area contributed by atoms with Gasteiger partial charge in [-0.2, -0.15) is 0 Å². The Hall–Kier alpha value is -1.21. The summed E-state index contributed by atoms with van der Waals surface area (Å²) in [4.78, 5) is 0. The molecule has 0 aliphatic carbocycles. The van der Waals surface area contributed by atoms with Gasteiger partial charge in [-0.1, -0.05) is 36.4 Å². The van der Waals surface area contributed by atoms with Crippen LogP contribution in [0.4, 0.5) is 0 Å². The summed E-state index contributed by atoms with van der Waals surface area (Å²) >= 11 is 1.17. The average molecular weight is 297 g/mol. The maximum absolute atomic E-state index is 12.2. The molecule has 0 saturated carbocycles. The van der Waals surface area contributed by atoms with Crippen molar-refractivity contribution in [1.82, 2.24) is 4.72 Å². The second kappa shape index (κ2) is 6.29. The minimum Gasteiger partial charge on any atom is -0.396 e. The van der Waals surface area contributed by atoms with Crippen molar-refractivity contribution in [1.29, 1.82) is 0 Å². The summed E-state index contributed by atoms with van der Waals surface area (Å²) < 4.78 is 27.3. The van der Waals surface area contributed by atoms with Crippen LogP contribution in [0.25, 0.3) is 0 Å². The van der Waals surface area contributed by atoms with Crippen molar-refractivity contribution < 1.29 is 13.5 Å². The summed E-state index contributed by atoms with van der Waals surface area (Å²) in [5, 5.41) is 10.8. The smallest absolute Gasteiger partial charge is 0.250 e. The Morgan fingerprint density at radius 3 is 2.47 bits per heavy atom. The lowest BCUT2D eigenvalue weighted by Gasteiger charge is -2.17. The molecule has 0 amide bonds.